The molecule has 2 aromatic carbocycles. The molecule has 1 aliphatic heterocycles. The number of carbonyl (C=O) groups is 1. The number of rotatable bonds is 4. The summed E-state index contributed by atoms with van der Waals surface area (Å²) in [5.41, 5.74) is 4.46. The van der Waals surface area contributed by atoms with E-state index < -0.39 is 0 Å². The molecule has 156 valence electrons. The fourth-order valence-corrected chi connectivity index (χ4v) is 4.13. The van der Waals surface area contributed by atoms with Crippen LogP contribution in [-0.4, -0.2) is 33.4 Å². The average molecular weight is 415 g/mol. The van der Waals surface area contributed by atoms with Gasteiger partial charge in [-0.3, -0.25) is 4.79 Å². The monoisotopic (exact) mass is 415 g/mol. The number of aromatic amines is 1. The molecule has 2 aromatic heterocycles. The molecule has 5 nitrogen and oxygen atoms in total. The van der Waals surface area contributed by atoms with E-state index in [0.717, 1.165) is 27.6 Å². The van der Waals surface area contributed by atoms with Crippen molar-refractivity contribution < 1.29 is 13.9 Å². The quantitative estimate of drug-likeness (QED) is 0.528. The van der Waals surface area contributed by atoms with Gasteiger partial charge >= 0.3 is 0 Å². The summed E-state index contributed by atoms with van der Waals surface area (Å²) in [6.07, 6.45) is 4.02. The van der Waals surface area contributed by atoms with Crippen LogP contribution in [0.25, 0.3) is 10.9 Å². The first-order chi connectivity index (χ1) is 15.1. The van der Waals surface area contributed by atoms with Crippen molar-refractivity contribution in [1.29, 1.82) is 0 Å². The first-order valence-electron chi connectivity index (χ1n) is 10.3. The number of aryl methyl sites for hydroxylation is 1. The summed E-state index contributed by atoms with van der Waals surface area (Å²) in [6.45, 7) is 2.65. The second-order valence-corrected chi connectivity index (χ2v) is 7.94. The summed E-state index contributed by atoms with van der Waals surface area (Å²) < 4.78 is 19.8. The maximum Gasteiger partial charge on any atom is 0.256 e. The minimum Gasteiger partial charge on any atom is -0.475 e. The van der Waals surface area contributed by atoms with Gasteiger partial charge in [-0.1, -0.05) is 30.3 Å². The number of hydrogen-bond donors (Lipinski definition) is 1. The minimum atomic E-state index is -0.268. The van der Waals surface area contributed by atoms with E-state index >= 15 is 0 Å². The molecule has 1 atom stereocenters. The van der Waals surface area contributed by atoms with Gasteiger partial charge in [0.15, 0.2) is 0 Å². The van der Waals surface area contributed by atoms with Crippen LogP contribution >= 0.6 is 0 Å². The molecule has 5 rings (SSSR count). The molecular formula is C25H22FN3O2. The van der Waals surface area contributed by atoms with Crippen molar-refractivity contribution in [2.75, 3.05) is 6.61 Å². The van der Waals surface area contributed by atoms with Gasteiger partial charge in [0, 0.05) is 35.9 Å². The lowest BCUT2D eigenvalue weighted by Gasteiger charge is -2.36. The normalized spacial score (nSPS) is 15.7. The molecule has 1 unspecified atom stereocenters. The van der Waals surface area contributed by atoms with Crippen LogP contribution in [0.15, 0.2) is 67.0 Å². The fourth-order valence-electron chi connectivity index (χ4n) is 4.13. The van der Waals surface area contributed by atoms with Crippen LogP contribution < -0.4 is 4.74 Å². The molecule has 0 fully saturated rings. The maximum absolute atomic E-state index is 13.8. The highest BCUT2D eigenvalue weighted by atomic mass is 19.1. The predicted octanol–water partition coefficient (Wildman–Crippen LogP) is 4.66. The molecule has 0 spiro atoms. The Labute approximate surface area is 179 Å². The van der Waals surface area contributed by atoms with Gasteiger partial charge in [-0.15, -0.1) is 0 Å². The molecule has 0 bridgehead atoms. The molecule has 0 radical (unpaired) electrons. The van der Waals surface area contributed by atoms with Gasteiger partial charge in [-0.25, -0.2) is 9.37 Å². The number of amides is 1. The van der Waals surface area contributed by atoms with Crippen LogP contribution in [0, 0.1) is 12.7 Å². The highest BCUT2D eigenvalue weighted by Gasteiger charge is 2.32. The molecule has 1 aliphatic rings. The van der Waals surface area contributed by atoms with Crippen LogP contribution in [0.3, 0.4) is 0 Å². The zero-order chi connectivity index (χ0) is 21.4. The van der Waals surface area contributed by atoms with Gasteiger partial charge in [0.1, 0.15) is 12.4 Å². The SMILES string of the molecule is Cc1ccc(OCC2Cc3cc(F)ccc3CN2C(=O)c2c[nH]c3ccccc23)nc1. The van der Waals surface area contributed by atoms with Crippen LogP contribution in [0.5, 0.6) is 5.88 Å². The van der Waals surface area contributed by atoms with Crippen LogP contribution in [0.2, 0.25) is 0 Å². The Hall–Kier alpha value is -3.67. The van der Waals surface area contributed by atoms with Crippen molar-refractivity contribution in [2.45, 2.75) is 25.9 Å². The van der Waals surface area contributed by atoms with Crippen LogP contribution in [0.1, 0.15) is 27.0 Å². The number of benzene rings is 2. The smallest absolute Gasteiger partial charge is 0.256 e. The van der Waals surface area contributed by atoms with E-state index in [0.29, 0.717) is 24.4 Å². The van der Waals surface area contributed by atoms with E-state index in [1.165, 1.54) is 6.07 Å². The Morgan fingerprint density at radius 1 is 1.19 bits per heavy atom. The molecule has 0 saturated carbocycles. The van der Waals surface area contributed by atoms with Gasteiger partial charge in [0.2, 0.25) is 5.88 Å². The standard InChI is InChI=1S/C25H22FN3O2/c1-16-6-9-24(28-12-16)31-15-20-11-18-10-19(26)8-7-17(18)14-29(20)25(30)22-13-27-23-5-3-2-4-21(22)23/h2-10,12-13,20,27H,11,14-15H2,1H3. The molecule has 0 saturated heterocycles. The summed E-state index contributed by atoms with van der Waals surface area (Å²) in [5, 5.41) is 0.886. The second kappa shape index (κ2) is 7.87. The number of nitrogens with zero attached hydrogens (tertiary/aromatic N) is 2. The predicted molar refractivity (Wildman–Crippen MR) is 117 cm³/mol. The molecule has 1 N–H and O–H groups in total. The maximum atomic E-state index is 13.8. The highest BCUT2D eigenvalue weighted by molar-refractivity contribution is 6.06. The third kappa shape index (κ3) is 3.77. The third-order valence-corrected chi connectivity index (χ3v) is 5.79. The van der Waals surface area contributed by atoms with Crippen molar-refractivity contribution in [3.63, 3.8) is 0 Å². The lowest BCUT2D eigenvalue weighted by molar-refractivity contribution is 0.0564. The Balaban J connectivity index is 1.46. The lowest BCUT2D eigenvalue weighted by atomic mass is 9.93. The van der Waals surface area contributed by atoms with Gasteiger partial charge in [-0.2, -0.15) is 0 Å². The number of pyridine rings is 1. The van der Waals surface area contributed by atoms with E-state index in [9.17, 15) is 9.18 Å². The zero-order valence-corrected chi connectivity index (χ0v) is 17.1. The molecular weight excluding hydrogens is 393 g/mol. The summed E-state index contributed by atoms with van der Waals surface area (Å²) in [7, 11) is 0. The van der Waals surface area contributed by atoms with Crippen LogP contribution in [-0.2, 0) is 13.0 Å². The number of hydrogen-bond acceptors (Lipinski definition) is 3. The molecule has 6 heteroatoms. The molecule has 3 heterocycles. The Kier molecular flexibility index (Phi) is 4.90. The van der Waals surface area contributed by atoms with E-state index in [4.69, 9.17) is 4.74 Å². The van der Waals surface area contributed by atoms with Gasteiger partial charge in [0.05, 0.1) is 11.6 Å². The number of fused-ring (bicyclic) bond motifs is 2. The zero-order valence-electron chi connectivity index (χ0n) is 17.1. The fraction of sp³-hybridized carbons (Fsp3) is 0.200. The Bertz CT molecular complexity index is 1250. The molecule has 1 amide bonds. The minimum absolute atomic E-state index is 0.0714. The number of aromatic nitrogens is 2. The van der Waals surface area contributed by atoms with Gasteiger partial charge in [0.25, 0.3) is 5.91 Å². The van der Waals surface area contributed by atoms with Crippen molar-refractivity contribution in [3.8, 4) is 5.88 Å². The topological polar surface area (TPSA) is 58.2 Å². The van der Waals surface area contributed by atoms with E-state index in [-0.39, 0.29) is 24.4 Å². The Morgan fingerprint density at radius 2 is 2.06 bits per heavy atom. The first-order valence-corrected chi connectivity index (χ1v) is 10.3. The van der Waals surface area contributed by atoms with Crippen LogP contribution in [0.4, 0.5) is 4.39 Å². The van der Waals surface area contributed by atoms with Crippen molar-refractivity contribution in [1.82, 2.24) is 14.9 Å². The lowest BCUT2D eigenvalue weighted by Crippen LogP contribution is -2.47. The summed E-state index contributed by atoms with van der Waals surface area (Å²) in [4.78, 5) is 22.9. The van der Waals surface area contributed by atoms with Crippen molar-refractivity contribution in [3.05, 3.63) is 95.1 Å². The number of para-hydroxylation sites is 1. The van der Waals surface area contributed by atoms with E-state index in [1.54, 1.807) is 24.5 Å². The molecule has 4 aromatic rings. The summed E-state index contributed by atoms with van der Waals surface area (Å²) in [5.74, 6) is 0.169. The van der Waals surface area contributed by atoms with E-state index in [2.05, 4.69) is 9.97 Å². The first kappa shape index (κ1) is 19.3. The van der Waals surface area contributed by atoms with Crippen molar-refractivity contribution in [2.24, 2.45) is 0 Å². The summed E-state index contributed by atoms with van der Waals surface area (Å²) in [6, 6.07) is 16.0. The largest absolute Gasteiger partial charge is 0.475 e. The number of H-pyrrole nitrogens is 1. The Morgan fingerprint density at radius 3 is 2.90 bits per heavy atom. The number of carbonyl (C=O) groups excluding carboxylic acids is 1. The number of halogens is 1. The van der Waals surface area contributed by atoms with E-state index in [1.807, 2.05) is 48.2 Å². The highest BCUT2D eigenvalue weighted by Crippen LogP contribution is 2.28. The van der Waals surface area contributed by atoms with Gasteiger partial charge in [-0.05, 0) is 48.2 Å². The number of ether oxygens (including phenoxy) is 1. The molecule has 31 heavy (non-hydrogen) atoms. The van der Waals surface area contributed by atoms with Gasteiger partial charge < -0.3 is 14.6 Å². The average Bonchev–Trinajstić information content (AvgIpc) is 3.22. The van der Waals surface area contributed by atoms with Crippen molar-refractivity contribution >= 4 is 16.8 Å². The second-order valence-electron chi connectivity index (χ2n) is 7.94. The third-order valence-electron chi connectivity index (χ3n) is 5.79. The number of nitrogens with one attached hydrogen (secondary N) is 1. The molecule has 0 aliphatic carbocycles. The summed E-state index contributed by atoms with van der Waals surface area (Å²) >= 11 is 0.